The third-order valence-electron chi connectivity index (χ3n) is 5.17. The second-order valence-electron chi connectivity index (χ2n) is 6.73. The first-order chi connectivity index (χ1) is 13.1. The van der Waals surface area contributed by atoms with Crippen LogP contribution in [0.25, 0.3) is 22.4 Å². The van der Waals surface area contributed by atoms with Gasteiger partial charge < -0.3 is 20.1 Å². The molecule has 0 spiro atoms. The summed E-state index contributed by atoms with van der Waals surface area (Å²) in [5, 5.41) is 29.7. The minimum Gasteiger partial charge on any atom is -0.394 e. The Hall–Kier alpha value is -2.39. The molecule has 3 heterocycles. The van der Waals surface area contributed by atoms with E-state index in [-0.39, 0.29) is 6.61 Å². The third-order valence-corrected chi connectivity index (χ3v) is 5.17. The molecule has 4 rings (SSSR count). The lowest BCUT2D eigenvalue weighted by atomic mass is 9.97. The number of hydrogen-bond donors (Lipinski definition) is 3. The van der Waals surface area contributed by atoms with Crippen LogP contribution >= 0.6 is 0 Å². The lowest BCUT2D eigenvalue weighted by molar-refractivity contribution is -0.0511. The Balaban J connectivity index is 1.83. The summed E-state index contributed by atoms with van der Waals surface area (Å²) in [6, 6.07) is 6.07. The zero-order chi connectivity index (χ0) is 19.1. The van der Waals surface area contributed by atoms with E-state index in [1.165, 1.54) is 23.8 Å². The molecule has 3 aromatic rings. The molecule has 1 saturated heterocycles. The second kappa shape index (κ2) is 6.97. The predicted octanol–water partition coefficient (Wildman–Crippen LogP) is 0.976. The molecule has 1 aliphatic rings. The number of imidazole rings is 1. The molecule has 4 atom stereocenters. The van der Waals surface area contributed by atoms with Crippen LogP contribution in [0.15, 0.2) is 30.9 Å². The van der Waals surface area contributed by atoms with E-state index in [0.717, 1.165) is 12.0 Å². The van der Waals surface area contributed by atoms with Crippen LogP contribution in [0.1, 0.15) is 24.3 Å². The van der Waals surface area contributed by atoms with Gasteiger partial charge in [0.1, 0.15) is 35.8 Å². The van der Waals surface area contributed by atoms with Crippen LogP contribution in [-0.2, 0) is 11.2 Å². The topological polar surface area (TPSA) is 114 Å². The quantitative estimate of drug-likeness (QED) is 0.627. The number of aromatic nitrogens is 4. The summed E-state index contributed by atoms with van der Waals surface area (Å²) >= 11 is 0. The van der Waals surface area contributed by atoms with E-state index >= 15 is 0 Å². The number of fused-ring (bicyclic) bond motifs is 1. The van der Waals surface area contributed by atoms with Crippen molar-refractivity contribution in [1.29, 1.82) is 0 Å². The Kier molecular flexibility index (Phi) is 4.65. The van der Waals surface area contributed by atoms with Crippen LogP contribution < -0.4 is 0 Å². The van der Waals surface area contributed by atoms with Crippen LogP contribution in [0, 0.1) is 6.92 Å². The van der Waals surface area contributed by atoms with Crippen molar-refractivity contribution >= 4 is 11.2 Å². The van der Waals surface area contributed by atoms with Gasteiger partial charge in [0.15, 0.2) is 11.9 Å². The lowest BCUT2D eigenvalue weighted by Gasteiger charge is -2.16. The highest BCUT2D eigenvalue weighted by atomic mass is 16.6. The minimum atomic E-state index is -1.19. The summed E-state index contributed by atoms with van der Waals surface area (Å²) in [6.45, 7) is 3.78. The number of aliphatic hydroxyl groups excluding tert-OH is 3. The number of rotatable bonds is 4. The maximum absolute atomic E-state index is 10.3. The van der Waals surface area contributed by atoms with E-state index in [4.69, 9.17) is 4.74 Å². The van der Waals surface area contributed by atoms with Gasteiger partial charge in [-0.3, -0.25) is 4.57 Å². The third kappa shape index (κ3) is 2.81. The van der Waals surface area contributed by atoms with Gasteiger partial charge in [0.25, 0.3) is 0 Å². The average Bonchev–Trinajstić information content (AvgIpc) is 3.23. The lowest BCUT2D eigenvalue weighted by Crippen LogP contribution is -2.33. The SMILES string of the molecule is CCc1c(C)cccc1-c1ncnc2c1ncn2[C@@H]1O[C@H](CO)[C@@H](O)[C@H]1O. The summed E-state index contributed by atoms with van der Waals surface area (Å²) < 4.78 is 7.18. The van der Waals surface area contributed by atoms with Gasteiger partial charge in [-0.05, 0) is 24.5 Å². The van der Waals surface area contributed by atoms with E-state index in [0.29, 0.717) is 16.9 Å². The first-order valence-corrected chi connectivity index (χ1v) is 8.95. The fraction of sp³-hybridized carbons (Fsp3) is 0.421. The molecule has 8 nitrogen and oxygen atoms in total. The standard InChI is InChI=1S/C19H22N4O4/c1-3-11-10(2)5-4-6-12(11)14-15-18(21-8-20-14)23(9-22-15)19-17(26)16(25)13(7-24)27-19/h4-6,8-9,13,16-17,19,24-26H,3,7H2,1-2H3/t13-,16-,17-,19-/m1/s1. The van der Waals surface area contributed by atoms with Gasteiger partial charge in [0, 0.05) is 5.56 Å². The first-order valence-electron chi connectivity index (χ1n) is 8.95. The van der Waals surface area contributed by atoms with Crippen LogP contribution in [0.4, 0.5) is 0 Å². The highest BCUT2D eigenvalue weighted by Crippen LogP contribution is 2.34. The number of aliphatic hydroxyl groups is 3. The van der Waals surface area contributed by atoms with Gasteiger partial charge in [-0.2, -0.15) is 0 Å². The molecule has 1 aromatic carbocycles. The molecule has 1 fully saturated rings. The van der Waals surface area contributed by atoms with Gasteiger partial charge in [-0.25, -0.2) is 15.0 Å². The van der Waals surface area contributed by atoms with Gasteiger partial charge in [-0.1, -0.05) is 25.1 Å². The van der Waals surface area contributed by atoms with Gasteiger partial charge in [0.2, 0.25) is 0 Å². The van der Waals surface area contributed by atoms with Crippen molar-refractivity contribution in [2.24, 2.45) is 0 Å². The molecule has 142 valence electrons. The zero-order valence-corrected chi connectivity index (χ0v) is 15.1. The van der Waals surface area contributed by atoms with Crippen molar-refractivity contribution < 1.29 is 20.1 Å². The van der Waals surface area contributed by atoms with E-state index in [1.54, 1.807) is 4.57 Å². The van der Waals surface area contributed by atoms with Gasteiger partial charge >= 0.3 is 0 Å². The fourth-order valence-electron chi connectivity index (χ4n) is 3.74. The predicted molar refractivity (Wildman–Crippen MR) is 97.9 cm³/mol. The summed E-state index contributed by atoms with van der Waals surface area (Å²) in [6.07, 6.45) is -0.266. The van der Waals surface area contributed by atoms with Gasteiger partial charge in [0.05, 0.1) is 12.9 Å². The highest BCUT2D eigenvalue weighted by molar-refractivity contribution is 5.88. The molecule has 0 unspecified atom stereocenters. The Morgan fingerprint density at radius 3 is 2.67 bits per heavy atom. The van der Waals surface area contributed by atoms with Gasteiger partial charge in [-0.15, -0.1) is 0 Å². The molecule has 2 aromatic heterocycles. The molecular weight excluding hydrogens is 348 g/mol. The number of nitrogens with zero attached hydrogens (tertiary/aromatic N) is 4. The van der Waals surface area contributed by atoms with Crippen LogP contribution in [0.2, 0.25) is 0 Å². The Morgan fingerprint density at radius 1 is 1.15 bits per heavy atom. The molecule has 0 amide bonds. The number of aryl methyl sites for hydroxylation is 1. The fourth-order valence-corrected chi connectivity index (χ4v) is 3.74. The monoisotopic (exact) mass is 370 g/mol. The zero-order valence-electron chi connectivity index (χ0n) is 15.1. The number of ether oxygens (including phenoxy) is 1. The van der Waals surface area contributed by atoms with E-state index < -0.39 is 24.5 Å². The van der Waals surface area contributed by atoms with Crippen molar-refractivity contribution in [3.05, 3.63) is 42.0 Å². The summed E-state index contributed by atoms with van der Waals surface area (Å²) in [5.41, 5.74) is 5.18. The van der Waals surface area contributed by atoms with Crippen molar-refractivity contribution in [2.75, 3.05) is 6.61 Å². The second-order valence-corrected chi connectivity index (χ2v) is 6.73. The van der Waals surface area contributed by atoms with Crippen LogP contribution in [0.5, 0.6) is 0 Å². The number of hydrogen-bond acceptors (Lipinski definition) is 7. The Labute approximate surface area is 156 Å². The summed E-state index contributed by atoms with van der Waals surface area (Å²) in [7, 11) is 0. The van der Waals surface area contributed by atoms with E-state index in [2.05, 4.69) is 34.9 Å². The smallest absolute Gasteiger partial charge is 0.166 e. The minimum absolute atomic E-state index is 0.384. The molecule has 27 heavy (non-hydrogen) atoms. The maximum Gasteiger partial charge on any atom is 0.166 e. The molecule has 8 heteroatoms. The van der Waals surface area contributed by atoms with Crippen LogP contribution in [-0.4, -0.2) is 59.8 Å². The normalized spacial score (nSPS) is 25.4. The van der Waals surface area contributed by atoms with E-state index in [1.807, 2.05) is 12.1 Å². The van der Waals surface area contributed by atoms with Crippen molar-refractivity contribution in [3.63, 3.8) is 0 Å². The van der Waals surface area contributed by atoms with E-state index in [9.17, 15) is 15.3 Å². The molecule has 0 saturated carbocycles. The largest absolute Gasteiger partial charge is 0.394 e. The Morgan fingerprint density at radius 2 is 1.96 bits per heavy atom. The van der Waals surface area contributed by atoms with Crippen molar-refractivity contribution in [1.82, 2.24) is 19.5 Å². The number of benzene rings is 1. The molecular formula is C19H22N4O4. The Bertz CT molecular complexity index is 973. The summed E-state index contributed by atoms with van der Waals surface area (Å²) in [4.78, 5) is 13.2. The molecule has 1 aliphatic heterocycles. The maximum atomic E-state index is 10.3. The summed E-state index contributed by atoms with van der Waals surface area (Å²) in [5.74, 6) is 0. The first kappa shape index (κ1) is 18.0. The molecule has 3 N–H and O–H groups in total. The van der Waals surface area contributed by atoms with Crippen molar-refractivity contribution in [3.8, 4) is 11.3 Å². The van der Waals surface area contributed by atoms with Crippen LogP contribution in [0.3, 0.4) is 0 Å². The molecule has 0 aliphatic carbocycles. The average molecular weight is 370 g/mol. The molecule has 0 radical (unpaired) electrons. The molecule has 0 bridgehead atoms. The highest BCUT2D eigenvalue weighted by Gasteiger charge is 2.44. The van der Waals surface area contributed by atoms with Crippen molar-refractivity contribution in [2.45, 2.75) is 44.8 Å².